The highest BCUT2D eigenvalue weighted by Gasteiger charge is 2.52. The highest BCUT2D eigenvalue weighted by atomic mass is 16.7. The van der Waals surface area contributed by atoms with Crippen molar-refractivity contribution in [1.29, 1.82) is 0 Å². The number of amides is 1. The van der Waals surface area contributed by atoms with Gasteiger partial charge in [-0.1, -0.05) is 30.3 Å². The molecule has 16 heteroatoms. The van der Waals surface area contributed by atoms with Gasteiger partial charge in [0, 0.05) is 97.9 Å². The van der Waals surface area contributed by atoms with Crippen LogP contribution in [0.1, 0.15) is 48.5 Å². The number of nitrogen functional groups attached to an aromatic ring is 1. The van der Waals surface area contributed by atoms with Crippen LogP contribution in [0.15, 0.2) is 104 Å². The minimum Gasteiger partial charge on any atom is -0.444 e. The second-order valence-electron chi connectivity index (χ2n) is 17.3. The molecule has 5 heterocycles. The summed E-state index contributed by atoms with van der Waals surface area (Å²) in [5.74, 6) is 0.684. The maximum Gasteiger partial charge on any atom is 0.498 e. The van der Waals surface area contributed by atoms with Gasteiger partial charge in [0.2, 0.25) is 0 Å². The molecule has 15 nitrogen and oxygen atoms in total. The van der Waals surface area contributed by atoms with Crippen LogP contribution in [0.4, 0.5) is 33.4 Å². The number of nitrogens with one attached hydrogen (secondary N) is 2. The lowest BCUT2D eigenvalue weighted by Crippen LogP contribution is -2.41. The zero-order valence-corrected chi connectivity index (χ0v) is 36.7. The summed E-state index contributed by atoms with van der Waals surface area (Å²) in [5, 5.41) is 15.5. The number of nitrogens with zero attached hydrogens (tertiary/aromatic N) is 8. The van der Waals surface area contributed by atoms with E-state index >= 15 is 0 Å². The monoisotopic (exact) mass is 823 g/mol. The number of hydrogen-bond donors (Lipinski definition) is 3. The molecule has 1 saturated heterocycles. The predicted molar refractivity (Wildman–Crippen MR) is 243 cm³/mol. The third-order valence-corrected chi connectivity index (χ3v) is 10.5. The molecular weight excluding hydrogens is 769 g/mol. The molecule has 0 spiro atoms. The third-order valence-electron chi connectivity index (χ3n) is 10.5. The number of benzene rings is 3. The normalized spacial score (nSPS) is 14.4. The second-order valence-corrected chi connectivity index (χ2v) is 17.3. The molecule has 3 aromatic carbocycles. The average molecular weight is 824 g/mol. The zero-order valence-electron chi connectivity index (χ0n) is 36.7. The van der Waals surface area contributed by atoms with Crippen molar-refractivity contribution >= 4 is 52.9 Å². The van der Waals surface area contributed by atoms with Crippen LogP contribution in [0.25, 0.3) is 39.4 Å². The maximum absolute atomic E-state index is 12.1. The van der Waals surface area contributed by atoms with E-state index in [0.717, 1.165) is 56.3 Å². The molecule has 1 amide bonds. The molecule has 0 unspecified atom stereocenters. The summed E-state index contributed by atoms with van der Waals surface area (Å²) in [6, 6.07) is 23.4. The largest absolute Gasteiger partial charge is 0.498 e. The Balaban J connectivity index is 0.000000185. The van der Waals surface area contributed by atoms with Crippen molar-refractivity contribution in [3.05, 3.63) is 104 Å². The minimum atomic E-state index is -0.563. The molecule has 0 radical (unpaired) electrons. The fraction of sp³-hybridized carbons (Fsp3) is 0.311. The van der Waals surface area contributed by atoms with E-state index in [9.17, 15) is 4.79 Å². The topological polar surface area (TPSA) is 164 Å². The first-order valence-electron chi connectivity index (χ1n) is 20.0. The van der Waals surface area contributed by atoms with Crippen LogP contribution in [0.2, 0.25) is 0 Å². The first kappa shape index (κ1) is 42.5. The van der Waals surface area contributed by atoms with E-state index in [1.165, 1.54) is 0 Å². The van der Waals surface area contributed by atoms with Crippen molar-refractivity contribution in [2.45, 2.75) is 65.3 Å². The van der Waals surface area contributed by atoms with E-state index in [-0.39, 0.29) is 0 Å². The molecule has 1 aliphatic heterocycles. The molecule has 0 bridgehead atoms. The van der Waals surface area contributed by atoms with Crippen molar-refractivity contribution in [2.75, 3.05) is 35.4 Å². The lowest BCUT2D eigenvalue weighted by molar-refractivity contribution is 0.00578. The number of rotatable bonds is 8. The van der Waals surface area contributed by atoms with Gasteiger partial charge in [0.15, 0.2) is 11.5 Å². The Hall–Kier alpha value is -6.65. The van der Waals surface area contributed by atoms with Crippen LogP contribution in [-0.2, 0) is 28.1 Å². The molecule has 4 N–H and O–H groups in total. The van der Waals surface area contributed by atoms with Crippen molar-refractivity contribution in [3.63, 3.8) is 0 Å². The summed E-state index contributed by atoms with van der Waals surface area (Å²) in [6.07, 6.45) is 8.94. The third kappa shape index (κ3) is 9.40. The molecule has 7 aromatic rings. The number of imidazole rings is 1. The summed E-state index contributed by atoms with van der Waals surface area (Å²) in [7, 11) is 7.29. The van der Waals surface area contributed by atoms with Gasteiger partial charge in [-0.05, 0) is 90.9 Å². The Bertz CT molecular complexity index is 2680. The van der Waals surface area contributed by atoms with Gasteiger partial charge in [0.25, 0.3) is 0 Å². The van der Waals surface area contributed by atoms with Gasteiger partial charge in [0.05, 0.1) is 28.8 Å². The van der Waals surface area contributed by atoms with Crippen molar-refractivity contribution in [2.24, 2.45) is 14.1 Å². The number of ether oxygens (including phenoxy) is 1. The number of fused-ring (bicyclic) bond motifs is 1. The van der Waals surface area contributed by atoms with Gasteiger partial charge in [0.1, 0.15) is 11.3 Å². The number of nitrogens with two attached hydrogens (primary N) is 1. The fourth-order valence-corrected chi connectivity index (χ4v) is 6.82. The zero-order chi connectivity index (χ0) is 43.9. The van der Waals surface area contributed by atoms with E-state index < -0.39 is 30.0 Å². The maximum atomic E-state index is 12.1. The predicted octanol–water partition coefficient (Wildman–Crippen LogP) is 7.92. The number of aryl methyl sites for hydroxylation is 2. The Kier molecular flexibility index (Phi) is 11.4. The van der Waals surface area contributed by atoms with Crippen molar-refractivity contribution in [1.82, 2.24) is 33.9 Å². The van der Waals surface area contributed by atoms with E-state index in [1.54, 1.807) is 15.6 Å². The molecular formula is C45H54BN11O4. The van der Waals surface area contributed by atoms with Crippen LogP contribution in [0.3, 0.4) is 0 Å². The Morgan fingerprint density at radius 1 is 0.836 bits per heavy atom. The van der Waals surface area contributed by atoms with E-state index in [4.69, 9.17) is 19.8 Å². The number of anilines is 5. The smallest absolute Gasteiger partial charge is 0.444 e. The lowest BCUT2D eigenvalue weighted by atomic mass is 9.78. The van der Waals surface area contributed by atoms with E-state index in [1.807, 2.05) is 167 Å². The second kappa shape index (κ2) is 16.4. The summed E-state index contributed by atoms with van der Waals surface area (Å²) in [5.41, 5.74) is 14.8. The van der Waals surface area contributed by atoms with Crippen LogP contribution in [0, 0.1) is 0 Å². The molecule has 0 aliphatic carbocycles. The van der Waals surface area contributed by atoms with Gasteiger partial charge >= 0.3 is 13.2 Å². The molecule has 4 aromatic heterocycles. The van der Waals surface area contributed by atoms with Crippen LogP contribution in [0.5, 0.6) is 0 Å². The van der Waals surface area contributed by atoms with Gasteiger partial charge in [-0.3, -0.25) is 19.1 Å². The van der Waals surface area contributed by atoms with Crippen LogP contribution < -0.4 is 26.7 Å². The number of carbonyl (C=O) groups excluding carboxylic acids is 1. The minimum absolute atomic E-state index is 0.440. The van der Waals surface area contributed by atoms with Crippen LogP contribution >= 0.6 is 0 Å². The summed E-state index contributed by atoms with van der Waals surface area (Å²) in [6.45, 7) is 13.6. The first-order chi connectivity index (χ1) is 28.8. The molecule has 316 valence electrons. The average Bonchev–Trinajstić information content (AvgIpc) is 3.94. The number of aromatic nitrogens is 7. The molecule has 61 heavy (non-hydrogen) atoms. The summed E-state index contributed by atoms with van der Waals surface area (Å²) in [4.78, 5) is 23.4. The van der Waals surface area contributed by atoms with Gasteiger partial charge < -0.3 is 30.0 Å². The lowest BCUT2D eigenvalue weighted by Gasteiger charge is -2.32. The molecule has 1 fully saturated rings. The van der Waals surface area contributed by atoms with E-state index in [2.05, 4.69) is 47.8 Å². The van der Waals surface area contributed by atoms with Crippen molar-refractivity contribution in [3.8, 4) is 33.8 Å². The van der Waals surface area contributed by atoms with Gasteiger partial charge in [-0.2, -0.15) is 10.2 Å². The first-order valence-corrected chi connectivity index (χ1v) is 20.0. The summed E-state index contributed by atoms with van der Waals surface area (Å²) >= 11 is 0. The summed E-state index contributed by atoms with van der Waals surface area (Å²) < 4.78 is 23.3. The van der Waals surface area contributed by atoms with Gasteiger partial charge in [-0.15, -0.1) is 0 Å². The Morgan fingerprint density at radius 3 is 2.16 bits per heavy atom. The highest BCUT2D eigenvalue weighted by molar-refractivity contribution is 6.63. The quantitative estimate of drug-likeness (QED) is 0.101. The highest BCUT2D eigenvalue weighted by Crippen LogP contribution is 2.38. The standard InChI is InChI=1S/C24H24N8.C21H30BN3O4/c1-30(2)19-9-5-8-18(13-19)28-23-24-27-14-21(32(24)11-10-26-23)20-15-31(3)29-22(20)16-6-4-7-17(25)12-16;1-19(2,3)27-18(26)23-15-11-9-10-14(12-15)17-16(13-25(8)24-17)22-28-20(4,5)21(6,7)29-22/h4-15H,25H2,1-3H3,(H,26,28);9-13H,1-8H3,(H,23,26). The molecule has 8 rings (SSSR count). The number of carbonyl (C=O) groups is 1. The Morgan fingerprint density at radius 2 is 1.48 bits per heavy atom. The Labute approximate surface area is 357 Å². The fourth-order valence-electron chi connectivity index (χ4n) is 6.82. The van der Waals surface area contributed by atoms with Crippen molar-refractivity contribution < 1.29 is 18.8 Å². The molecule has 1 aliphatic rings. The SMILES string of the molecule is CN(C)c1cccc(Nc2nccn3c(-c4cn(C)nc4-c4cccc(N)c4)cnc23)c1.Cn1cc(B2OC(C)(C)C(C)(C)O2)c(-c2cccc(NC(=O)OC(C)(C)C)c2)n1. The molecule has 0 saturated carbocycles. The van der Waals surface area contributed by atoms with Gasteiger partial charge in [-0.25, -0.2) is 14.8 Å². The molecule has 0 atom stereocenters. The number of hydrogen-bond acceptors (Lipinski definition) is 11. The van der Waals surface area contributed by atoms with E-state index in [0.29, 0.717) is 17.2 Å². The van der Waals surface area contributed by atoms with Crippen LogP contribution in [-0.4, -0.2) is 78.0 Å².